The lowest BCUT2D eigenvalue weighted by Crippen LogP contribution is -2.63. The third kappa shape index (κ3) is 1.10. The highest BCUT2D eigenvalue weighted by Crippen LogP contribution is 2.52. The molecule has 14 heavy (non-hydrogen) atoms. The normalized spacial score (nSPS) is 49.3. The Morgan fingerprint density at radius 3 is 2.36 bits per heavy atom. The van der Waals surface area contributed by atoms with Gasteiger partial charge < -0.3 is 4.90 Å². The molecule has 0 aromatic carbocycles. The molecule has 1 saturated carbocycles. The molecule has 0 bridgehead atoms. The van der Waals surface area contributed by atoms with Gasteiger partial charge in [0.15, 0.2) is 0 Å². The van der Waals surface area contributed by atoms with Gasteiger partial charge in [-0.05, 0) is 51.6 Å². The van der Waals surface area contributed by atoms with Crippen LogP contribution >= 0.6 is 0 Å². The first-order valence-corrected chi connectivity index (χ1v) is 6.16. The van der Waals surface area contributed by atoms with Gasteiger partial charge in [-0.15, -0.1) is 0 Å². The zero-order valence-electron chi connectivity index (χ0n) is 9.50. The van der Waals surface area contributed by atoms with Gasteiger partial charge in [0.25, 0.3) is 0 Å². The van der Waals surface area contributed by atoms with Crippen molar-refractivity contribution in [1.29, 1.82) is 0 Å². The van der Waals surface area contributed by atoms with Gasteiger partial charge in [0.1, 0.15) is 0 Å². The Labute approximate surface area is 87.3 Å². The van der Waals surface area contributed by atoms with E-state index < -0.39 is 0 Å². The Balaban J connectivity index is 1.70. The smallest absolute Gasteiger partial charge is 0.0167 e. The first-order valence-electron chi connectivity index (χ1n) is 6.16. The van der Waals surface area contributed by atoms with Crippen molar-refractivity contribution < 1.29 is 0 Å². The van der Waals surface area contributed by atoms with E-state index in [1.54, 1.807) is 0 Å². The van der Waals surface area contributed by atoms with E-state index in [-0.39, 0.29) is 0 Å². The minimum absolute atomic E-state index is 0.712. The zero-order valence-corrected chi connectivity index (χ0v) is 9.50. The fourth-order valence-corrected chi connectivity index (χ4v) is 3.78. The summed E-state index contributed by atoms with van der Waals surface area (Å²) in [6, 6.07) is 1.82. The van der Waals surface area contributed by atoms with Gasteiger partial charge >= 0.3 is 0 Å². The highest BCUT2D eigenvalue weighted by atomic mass is 15.3. The first-order chi connectivity index (χ1) is 6.71. The monoisotopic (exact) mass is 194 g/mol. The van der Waals surface area contributed by atoms with Crippen LogP contribution in [0.1, 0.15) is 32.6 Å². The second-order valence-corrected chi connectivity index (χ2v) is 5.78. The quantitative estimate of drug-likeness (QED) is 0.625. The van der Waals surface area contributed by atoms with Crippen LogP contribution in [0.15, 0.2) is 0 Å². The van der Waals surface area contributed by atoms with Crippen LogP contribution in [0.5, 0.6) is 0 Å². The standard InChI is InChI=1S/C12H22N2/c1-10-4-7-14(10)11-3-5-12(11)6-8-13(2)9-12/h10-11H,3-9H2,1-2H3. The first kappa shape index (κ1) is 9.17. The molecule has 2 nitrogen and oxygen atoms in total. The van der Waals surface area contributed by atoms with Crippen LogP contribution in [0.4, 0.5) is 0 Å². The van der Waals surface area contributed by atoms with Gasteiger partial charge in [0.2, 0.25) is 0 Å². The van der Waals surface area contributed by atoms with E-state index >= 15 is 0 Å². The molecule has 3 fully saturated rings. The van der Waals surface area contributed by atoms with Gasteiger partial charge in [-0.3, -0.25) is 4.90 Å². The van der Waals surface area contributed by atoms with E-state index in [1.807, 2.05) is 0 Å². The molecule has 80 valence electrons. The predicted molar refractivity (Wildman–Crippen MR) is 58.4 cm³/mol. The molecule has 0 amide bonds. The Kier molecular flexibility index (Phi) is 1.94. The van der Waals surface area contributed by atoms with Crippen molar-refractivity contribution in [3.05, 3.63) is 0 Å². The number of rotatable bonds is 1. The molecule has 2 saturated heterocycles. The lowest BCUT2D eigenvalue weighted by molar-refractivity contribution is -0.0772. The van der Waals surface area contributed by atoms with Crippen LogP contribution in [-0.4, -0.2) is 48.6 Å². The second kappa shape index (κ2) is 2.96. The number of nitrogens with zero attached hydrogens (tertiary/aromatic N) is 2. The molecule has 2 aliphatic heterocycles. The van der Waals surface area contributed by atoms with Crippen LogP contribution in [0.25, 0.3) is 0 Å². The molecule has 3 unspecified atom stereocenters. The maximum Gasteiger partial charge on any atom is 0.0167 e. The highest BCUT2D eigenvalue weighted by molar-refractivity contribution is 5.08. The van der Waals surface area contributed by atoms with E-state index in [0.29, 0.717) is 5.41 Å². The highest BCUT2D eigenvalue weighted by Gasteiger charge is 2.54. The number of hydrogen-bond donors (Lipinski definition) is 0. The minimum Gasteiger partial charge on any atom is -0.306 e. The fourth-order valence-electron chi connectivity index (χ4n) is 3.78. The van der Waals surface area contributed by atoms with Crippen LogP contribution in [0, 0.1) is 5.41 Å². The lowest BCUT2D eigenvalue weighted by atomic mass is 9.62. The van der Waals surface area contributed by atoms with Crippen LogP contribution in [0.2, 0.25) is 0 Å². The summed E-state index contributed by atoms with van der Waals surface area (Å²) in [6.07, 6.45) is 5.85. The Morgan fingerprint density at radius 2 is 2.00 bits per heavy atom. The lowest BCUT2D eigenvalue weighted by Gasteiger charge is -2.58. The number of likely N-dealkylation sites (tertiary alicyclic amines) is 2. The minimum atomic E-state index is 0.712. The molecule has 1 aliphatic carbocycles. The molecule has 3 atom stereocenters. The van der Waals surface area contributed by atoms with E-state index in [1.165, 1.54) is 45.3 Å². The summed E-state index contributed by atoms with van der Waals surface area (Å²) in [4.78, 5) is 5.29. The predicted octanol–water partition coefficient (Wildman–Crippen LogP) is 1.56. The molecule has 1 spiro atoms. The maximum atomic E-state index is 2.77. The summed E-state index contributed by atoms with van der Waals surface area (Å²) < 4.78 is 0. The summed E-state index contributed by atoms with van der Waals surface area (Å²) in [5, 5.41) is 0. The molecule has 0 aromatic heterocycles. The Hall–Kier alpha value is -0.0800. The van der Waals surface area contributed by atoms with Gasteiger partial charge in [-0.1, -0.05) is 0 Å². The van der Waals surface area contributed by atoms with Gasteiger partial charge in [0, 0.05) is 25.2 Å². The summed E-state index contributed by atoms with van der Waals surface area (Å²) in [5.74, 6) is 0. The van der Waals surface area contributed by atoms with E-state index in [2.05, 4.69) is 23.8 Å². The fraction of sp³-hybridized carbons (Fsp3) is 1.00. The second-order valence-electron chi connectivity index (χ2n) is 5.78. The molecule has 0 radical (unpaired) electrons. The largest absolute Gasteiger partial charge is 0.306 e. The van der Waals surface area contributed by atoms with Crippen molar-refractivity contribution in [3.8, 4) is 0 Å². The summed E-state index contributed by atoms with van der Waals surface area (Å²) in [5.41, 5.74) is 0.712. The van der Waals surface area contributed by atoms with Crippen molar-refractivity contribution in [3.63, 3.8) is 0 Å². The molecule has 2 heterocycles. The van der Waals surface area contributed by atoms with E-state index in [9.17, 15) is 0 Å². The van der Waals surface area contributed by atoms with Crippen LogP contribution in [-0.2, 0) is 0 Å². The SMILES string of the molecule is CC1CCN1C1CCC12CCN(C)C2. The Morgan fingerprint density at radius 1 is 1.14 bits per heavy atom. The number of hydrogen-bond acceptors (Lipinski definition) is 2. The van der Waals surface area contributed by atoms with Gasteiger partial charge in [-0.2, -0.15) is 0 Å². The molecular weight excluding hydrogens is 172 g/mol. The molecule has 0 N–H and O–H groups in total. The third-order valence-corrected chi connectivity index (χ3v) is 4.97. The molecule has 3 rings (SSSR count). The van der Waals surface area contributed by atoms with Gasteiger partial charge in [-0.25, -0.2) is 0 Å². The zero-order chi connectivity index (χ0) is 9.76. The molecule has 3 aliphatic rings. The van der Waals surface area contributed by atoms with Crippen molar-refractivity contribution in [2.24, 2.45) is 5.41 Å². The topological polar surface area (TPSA) is 6.48 Å². The average Bonchev–Trinajstić information content (AvgIpc) is 2.55. The molecular formula is C12H22N2. The molecule has 0 aromatic rings. The van der Waals surface area contributed by atoms with Gasteiger partial charge in [0.05, 0.1) is 0 Å². The Bertz CT molecular complexity index is 240. The summed E-state index contributed by atoms with van der Waals surface area (Å²) in [7, 11) is 2.28. The molecule has 2 heteroatoms. The third-order valence-electron chi connectivity index (χ3n) is 4.97. The average molecular weight is 194 g/mol. The van der Waals surface area contributed by atoms with Crippen LogP contribution < -0.4 is 0 Å². The van der Waals surface area contributed by atoms with Crippen molar-refractivity contribution in [2.75, 3.05) is 26.7 Å². The van der Waals surface area contributed by atoms with E-state index in [0.717, 1.165) is 12.1 Å². The van der Waals surface area contributed by atoms with Crippen LogP contribution in [0.3, 0.4) is 0 Å². The summed E-state index contributed by atoms with van der Waals surface area (Å²) in [6.45, 7) is 6.46. The van der Waals surface area contributed by atoms with E-state index in [4.69, 9.17) is 0 Å². The maximum absolute atomic E-state index is 2.77. The summed E-state index contributed by atoms with van der Waals surface area (Å²) >= 11 is 0. The van der Waals surface area contributed by atoms with Crippen molar-refractivity contribution >= 4 is 0 Å². The van der Waals surface area contributed by atoms with Crippen molar-refractivity contribution in [2.45, 2.75) is 44.7 Å². The van der Waals surface area contributed by atoms with Crippen molar-refractivity contribution in [1.82, 2.24) is 9.80 Å².